The molecular weight excluding hydrogens is 384 g/mol. The number of hydrogen-bond acceptors (Lipinski definition) is 4. The molecule has 3 aromatic rings. The molecule has 0 saturated carbocycles. The van der Waals surface area contributed by atoms with Gasteiger partial charge in [0.2, 0.25) is 0 Å². The number of benzene rings is 2. The van der Waals surface area contributed by atoms with E-state index in [1.165, 1.54) is 0 Å². The standard InChI is InChI=1S/C22H18N4O2S/c27-16-11-9-15(10-12-16)20-18(21(28)24-17-8-4-5-13-23-17)19(25-22(29)26-20)14-6-2-1-3-7-14/h1-13,20,27H,(H,23,24,28)(H2,25,26,29). The Bertz CT molecular complexity index is 1070. The number of carbonyl (C=O) groups is 1. The zero-order valence-electron chi connectivity index (χ0n) is 15.3. The molecule has 6 nitrogen and oxygen atoms in total. The van der Waals surface area contributed by atoms with E-state index in [9.17, 15) is 9.90 Å². The molecule has 7 heteroatoms. The van der Waals surface area contributed by atoms with Gasteiger partial charge in [-0.25, -0.2) is 4.98 Å². The summed E-state index contributed by atoms with van der Waals surface area (Å²) >= 11 is 5.40. The quantitative estimate of drug-likeness (QED) is 0.501. The molecule has 1 aliphatic heterocycles. The van der Waals surface area contributed by atoms with Crippen molar-refractivity contribution in [3.63, 3.8) is 0 Å². The van der Waals surface area contributed by atoms with Gasteiger partial charge in [0, 0.05) is 6.20 Å². The monoisotopic (exact) mass is 402 g/mol. The lowest BCUT2D eigenvalue weighted by molar-refractivity contribution is -0.113. The molecule has 0 saturated heterocycles. The second-order valence-electron chi connectivity index (χ2n) is 6.45. The number of nitrogens with zero attached hydrogens (tertiary/aromatic N) is 1. The highest BCUT2D eigenvalue weighted by atomic mass is 32.1. The van der Waals surface area contributed by atoms with E-state index < -0.39 is 6.04 Å². The van der Waals surface area contributed by atoms with Crippen molar-refractivity contribution in [2.24, 2.45) is 0 Å². The Morgan fingerprint density at radius 1 is 1.00 bits per heavy atom. The van der Waals surface area contributed by atoms with Crippen LogP contribution >= 0.6 is 12.2 Å². The lowest BCUT2D eigenvalue weighted by Crippen LogP contribution is -2.45. The molecule has 1 amide bonds. The molecule has 0 radical (unpaired) electrons. The van der Waals surface area contributed by atoms with Crippen LogP contribution in [0.15, 0.2) is 84.6 Å². The number of nitrogens with one attached hydrogen (secondary N) is 3. The van der Waals surface area contributed by atoms with Gasteiger partial charge in [-0.1, -0.05) is 48.5 Å². The number of pyridine rings is 1. The second-order valence-corrected chi connectivity index (χ2v) is 6.86. The van der Waals surface area contributed by atoms with Crippen LogP contribution in [0, 0.1) is 0 Å². The third-order valence-electron chi connectivity index (χ3n) is 4.51. The van der Waals surface area contributed by atoms with Crippen LogP contribution in [-0.2, 0) is 4.79 Å². The molecule has 1 atom stereocenters. The molecule has 4 rings (SSSR count). The van der Waals surface area contributed by atoms with Gasteiger partial charge in [-0.2, -0.15) is 0 Å². The zero-order valence-corrected chi connectivity index (χ0v) is 16.1. The van der Waals surface area contributed by atoms with Crippen molar-refractivity contribution in [1.82, 2.24) is 15.6 Å². The fraction of sp³-hybridized carbons (Fsp3) is 0.0455. The number of carbonyl (C=O) groups excluding carboxylic acids is 1. The van der Waals surface area contributed by atoms with Gasteiger partial charge in [0.05, 0.1) is 17.3 Å². The lowest BCUT2D eigenvalue weighted by Gasteiger charge is -2.31. The largest absolute Gasteiger partial charge is 0.508 e. The fourth-order valence-corrected chi connectivity index (χ4v) is 3.40. The SMILES string of the molecule is O=C(Nc1ccccn1)C1=C(c2ccccc2)NC(=S)NC1c1ccc(O)cc1. The molecule has 0 spiro atoms. The Balaban J connectivity index is 1.83. The number of phenols is 1. The number of amides is 1. The van der Waals surface area contributed by atoms with E-state index in [-0.39, 0.29) is 11.7 Å². The molecule has 29 heavy (non-hydrogen) atoms. The minimum Gasteiger partial charge on any atom is -0.508 e. The first-order valence-electron chi connectivity index (χ1n) is 9.00. The Hall–Kier alpha value is -3.71. The topological polar surface area (TPSA) is 86.3 Å². The summed E-state index contributed by atoms with van der Waals surface area (Å²) in [6.45, 7) is 0. The normalized spacial score (nSPS) is 16.0. The van der Waals surface area contributed by atoms with Gasteiger partial charge < -0.3 is 21.1 Å². The number of phenolic OH excluding ortho intramolecular Hbond substituents is 1. The summed E-state index contributed by atoms with van der Waals surface area (Å²) in [7, 11) is 0. The van der Waals surface area contributed by atoms with E-state index >= 15 is 0 Å². The highest BCUT2D eigenvalue weighted by Crippen LogP contribution is 2.32. The molecule has 1 aromatic heterocycles. The first kappa shape index (κ1) is 18.6. The van der Waals surface area contributed by atoms with Crippen LogP contribution in [0.5, 0.6) is 5.75 Å². The van der Waals surface area contributed by atoms with Crippen molar-refractivity contribution in [3.8, 4) is 5.75 Å². The highest BCUT2D eigenvalue weighted by Gasteiger charge is 2.32. The van der Waals surface area contributed by atoms with Crippen LogP contribution in [-0.4, -0.2) is 21.1 Å². The highest BCUT2D eigenvalue weighted by molar-refractivity contribution is 7.80. The van der Waals surface area contributed by atoms with Crippen LogP contribution in [0.2, 0.25) is 0 Å². The molecule has 0 aliphatic carbocycles. The summed E-state index contributed by atoms with van der Waals surface area (Å²) < 4.78 is 0. The minimum atomic E-state index is -0.497. The van der Waals surface area contributed by atoms with Crippen molar-refractivity contribution in [2.75, 3.05) is 5.32 Å². The van der Waals surface area contributed by atoms with E-state index in [0.29, 0.717) is 22.2 Å². The average Bonchev–Trinajstić information content (AvgIpc) is 2.75. The third kappa shape index (κ3) is 4.09. The maximum Gasteiger partial charge on any atom is 0.257 e. The fourth-order valence-electron chi connectivity index (χ4n) is 3.18. The van der Waals surface area contributed by atoms with Gasteiger partial charge in [0.25, 0.3) is 5.91 Å². The number of hydrogen-bond donors (Lipinski definition) is 4. The summed E-state index contributed by atoms with van der Waals surface area (Å²) in [5.41, 5.74) is 2.74. The first-order valence-corrected chi connectivity index (χ1v) is 9.41. The summed E-state index contributed by atoms with van der Waals surface area (Å²) in [6.07, 6.45) is 1.62. The zero-order chi connectivity index (χ0) is 20.2. The van der Waals surface area contributed by atoms with Crippen LogP contribution in [0.25, 0.3) is 5.70 Å². The van der Waals surface area contributed by atoms with Crippen molar-refractivity contribution >= 4 is 34.8 Å². The number of thiocarbonyl (C=S) groups is 1. The number of rotatable bonds is 4. The molecule has 0 bridgehead atoms. The lowest BCUT2D eigenvalue weighted by atomic mass is 9.92. The van der Waals surface area contributed by atoms with E-state index in [1.54, 1.807) is 48.7 Å². The van der Waals surface area contributed by atoms with Crippen LogP contribution in [0.1, 0.15) is 17.2 Å². The molecule has 1 aliphatic rings. The second kappa shape index (κ2) is 8.12. The maximum atomic E-state index is 13.3. The molecule has 2 heterocycles. The molecule has 4 N–H and O–H groups in total. The van der Waals surface area contributed by atoms with Gasteiger partial charge in [-0.3, -0.25) is 4.79 Å². The molecule has 2 aromatic carbocycles. The van der Waals surface area contributed by atoms with Crippen LogP contribution in [0.4, 0.5) is 5.82 Å². The predicted molar refractivity (Wildman–Crippen MR) is 116 cm³/mol. The summed E-state index contributed by atoms with van der Waals surface area (Å²) in [4.78, 5) is 17.5. The summed E-state index contributed by atoms with van der Waals surface area (Å²) in [6, 6.07) is 21.0. The molecular formula is C22H18N4O2S. The number of anilines is 1. The van der Waals surface area contributed by atoms with Gasteiger partial charge in [-0.05, 0) is 47.6 Å². The van der Waals surface area contributed by atoms with E-state index in [0.717, 1.165) is 11.1 Å². The minimum absolute atomic E-state index is 0.150. The van der Waals surface area contributed by atoms with Gasteiger partial charge in [-0.15, -0.1) is 0 Å². The van der Waals surface area contributed by atoms with Crippen LogP contribution < -0.4 is 16.0 Å². The van der Waals surface area contributed by atoms with E-state index in [1.807, 2.05) is 30.3 Å². The number of aromatic hydroxyl groups is 1. The Kier molecular flexibility index (Phi) is 5.22. The van der Waals surface area contributed by atoms with Crippen LogP contribution in [0.3, 0.4) is 0 Å². The average molecular weight is 402 g/mol. The molecule has 144 valence electrons. The van der Waals surface area contributed by atoms with Gasteiger partial charge in [0.15, 0.2) is 5.11 Å². The van der Waals surface area contributed by atoms with E-state index in [4.69, 9.17) is 12.2 Å². The molecule has 1 unspecified atom stereocenters. The first-order chi connectivity index (χ1) is 14.1. The Labute approximate surface area is 173 Å². The van der Waals surface area contributed by atoms with Crippen molar-refractivity contribution in [1.29, 1.82) is 0 Å². The summed E-state index contributed by atoms with van der Waals surface area (Å²) in [5.74, 6) is 0.301. The van der Waals surface area contributed by atoms with Gasteiger partial charge >= 0.3 is 0 Å². The van der Waals surface area contributed by atoms with E-state index in [2.05, 4.69) is 20.9 Å². The third-order valence-corrected chi connectivity index (χ3v) is 4.73. The predicted octanol–water partition coefficient (Wildman–Crippen LogP) is 3.36. The molecule has 0 fully saturated rings. The van der Waals surface area contributed by atoms with Crippen molar-refractivity contribution in [2.45, 2.75) is 6.04 Å². The Morgan fingerprint density at radius 2 is 1.72 bits per heavy atom. The van der Waals surface area contributed by atoms with Gasteiger partial charge in [0.1, 0.15) is 11.6 Å². The van der Waals surface area contributed by atoms with Crippen molar-refractivity contribution < 1.29 is 9.90 Å². The Morgan fingerprint density at radius 3 is 2.41 bits per heavy atom. The number of aromatic nitrogens is 1. The maximum absolute atomic E-state index is 13.3. The summed E-state index contributed by atoms with van der Waals surface area (Å²) in [5, 5.41) is 19.2. The smallest absolute Gasteiger partial charge is 0.257 e. The van der Waals surface area contributed by atoms with Crippen molar-refractivity contribution in [3.05, 3.63) is 95.7 Å².